The van der Waals surface area contributed by atoms with Gasteiger partial charge >= 0.3 is 0 Å². The fraction of sp³-hybridized carbons (Fsp3) is 0.588. The number of nitrogens with one attached hydrogen (secondary N) is 2. The van der Waals surface area contributed by atoms with E-state index in [-0.39, 0.29) is 24.4 Å². The van der Waals surface area contributed by atoms with Gasteiger partial charge in [0.15, 0.2) is 0 Å². The van der Waals surface area contributed by atoms with Crippen LogP contribution >= 0.6 is 35.6 Å². The van der Waals surface area contributed by atoms with E-state index >= 15 is 0 Å². The van der Waals surface area contributed by atoms with Crippen molar-refractivity contribution >= 4 is 41.5 Å². The van der Waals surface area contributed by atoms with Crippen LogP contribution in [0.25, 0.3) is 0 Å². The number of halogens is 3. The summed E-state index contributed by atoms with van der Waals surface area (Å²) < 4.78 is 0. The van der Waals surface area contributed by atoms with E-state index in [1.165, 1.54) is 0 Å². The zero-order valence-electron chi connectivity index (χ0n) is 13.2. The predicted octanol–water partition coefficient (Wildman–Crippen LogP) is 4.09. The zero-order valence-corrected chi connectivity index (χ0v) is 15.5. The lowest BCUT2D eigenvalue weighted by Crippen LogP contribution is -2.54. The van der Waals surface area contributed by atoms with E-state index in [2.05, 4.69) is 17.6 Å². The summed E-state index contributed by atoms with van der Waals surface area (Å²) in [6.07, 6.45) is 4.83. The first-order valence-electron chi connectivity index (χ1n) is 8.01. The molecule has 1 aliphatic heterocycles. The molecule has 0 bridgehead atoms. The molecule has 1 saturated carbocycles. The molecule has 1 amide bonds. The first-order valence-corrected chi connectivity index (χ1v) is 8.77. The number of piperidine rings is 1. The minimum Gasteiger partial charge on any atom is -0.352 e. The second-order valence-electron chi connectivity index (χ2n) is 6.61. The number of amides is 1. The number of rotatable bonds is 3. The zero-order chi connectivity index (χ0) is 15.7. The molecule has 1 aromatic carbocycles. The van der Waals surface area contributed by atoms with Gasteiger partial charge in [-0.3, -0.25) is 4.79 Å². The first kappa shape index (κ1) is 18.9. The maximum Gasteiger partial charge on any atom is 0.230 e. The number of hydrogen-bond donors (Lipinski definition) is 2. The van der Waals surface area contributed by atoms with E-state index in [0.29, 0.717) is 16.1 Å². The Kier molecular flexibility index (Phi) is 6.23. The molecule has 3 rings (SSSR count). The van der Waals surface area contributed by atoms with Gasteiger partial charge in [-0.1, -0.05) is 35.7 Å². The Morgan fingerprint density at radius 2 is 2.04 bits per heavy atom. The molecule has 0 radical (unpaired) electrons. The molecule has 2 atom stereocenters. The second-order valence-corrected chi connectivity index (χ2v) is 7.43. The van der Waals surface area contributed by atoms with Gasteiger partial charge in [0.1, 0.15) is 0 Å². The number of benzene rings is 1. The molecule has 128 valence electrons. The highest BCUT2D eigenvalue weighted by molar-refractivity contribution is 6.42. The second kappa shape index (κ2) is 7.60. The highest BCUT2D eigenvalue weighted by Crippen LogP contribution is 2.45. The smallest absolute Gasteiger partial charge is 0.230 e. The van der Waals surface area contributed by atoms with Crippen LogP contribution in [-0.4, -0.2) is 24.5 Å². The molecule has 3 nitrogen and oxygen atoms in total. The summed E-state index contributed by atoms with van der Waals surface area (Å²) in [7, 11) is 0. The van der Waals surface area contributed by atoms with Gasteiger partial charge in [-0.05, 0) is 56.8 Å². The van der Waals surface area contributed by atoms with Gasteiger partial charge in [-0.25, -0.2) is 0 Å². The minimum atomic E-state index is -0.414. The van der Waals surface area contributed by atoms with Crippen LogP contribution < -0.4 is 10.6 Å². The van der Waals surface area contributed by atoms with Crippen molar-refractivity contribution in [2.45, 2.75) is 56.5 Å². The quantitative estimate of drug-likeness (QED) is 0.833. The van der Waals surface area contributed by atoms with Gasteiger partial charge in [0.2, 0.25) is 5.91 Å². The van der Waals surface area contributed by atoms with Crippen molar-refractivity contribution in [3.05, 3.63) is 33.8 Å². The minimum absolute atomic E-state index is 0. The van der Waals surface area contributed by atoms with Crippen LogP contribution in [0.2, 0.25) is 10.0 Å². The van der Waals surface area contributed by atoms with E-state index in [9.17, 15) is 4.79 Å². The molecule has 2 N–H and O–H groups in total. The Morgan fingerprint density at radius 3 is 2.61 bits per heavy atom. The van der Waals surface area contributed by atoms with E-state index in [1.54, 1.807) is 6.07 Å². The van der Waals surface area contributed by atoms with Crippen LogP contribution in [0.3, 0.4) is 0 Å². The molecule has 1 aromatic rings. The van der Waals surface area contributed by atoms with E-state index in [4.69, 9.17) is 23.2 Å². The van der Waals surface area contributed by atoms with Crippen LogP contribution in [0, 0.1) is 0 Å². The molecule has 1 aliphatic carbocycles. The van der Waals surface area contributed by atoms with Gasteiger partial charge < -0.3 is 10.6 Å². The van der Waals surface area contributed by atoms with E-state index in [0.717, 1.165) is 44.2 Å². The highest BCUT2D eigenvalue weighted by Gasteiger charge is 2.46. The lowest BCUT2D eigenvalue weighted by molar-refractivity contribution is -0.130. The van der Waals surface area contributed by atoms with Crippen molar-refractivity contribution in [1.29, 1.82) is 0 Å². The van der Waals surface area contributed by atoms with Gasteiger partial charge in [-0.2, -0.15) is 0 Å². The topological polar surface area (TPSA) is 41.1 Å². The van der Waals surface area contributed by atoms with Crippen LogP contribution in [0.4, 0.5) is 0 Å². The van der Waals surface area contributed by atoms with Crippen LogP contribution in [0.5, 0.6) is 0 Å². The lowest BCUT2D eigenvalue weighted by Gasteiger charge is -2.42. The third kappa shape index (κ3) is 3.79. The Balaban J connectivity index is 0.00000192. The normalized spacial score (nSPS) is 25.9. The summed E-state index contributed by atoms with van der Waals surface area (Å²) in [5.74, 6) is 0.149. The van der Waals surface area contributed by atoms with Gasteiger partial charge in [-0.15, -0.1) is 12.4 Å². The van der Waals surface area contributed by atoms with E-state index < -0.39 is 5.41 Å². The average molecular weight is 378 g/mol. The van der Waals surface area contributed by atoms with Crippen molar-refractivity contribution in [1.82, 2.24) is 10.6 Å². The fourth-order valence-corrected chi connectivity index (χ4v) is 3.86. The molecule has 0 spiro atoms. The fourth-order valence-electron chi connectivity index (χ4n) is 3.56. The Labute approximate surface area is 153 Å². The molecule has 23 heavy (non-hydrogen) atoms. The molecular formula is C17H23Cl3N2O. The molecule has 2 unspecified atom stereocenters. The van der Waals surface area contributed by atoms with E-state index in [1.807, 2.05) is 12.1 Å². The van der Waals surface area contributed by atoms with Crippen LogP contribution in [-0.2, 0) is 10.2 Å². The van der Waals surface area contributed by atoms with Crippen molar-refractivity contribution < 1.29 is 4.79 Å². The third-order valence-electron chi connectivity index (χ3n) is 5.07. The molecule has 2 fully saturated rings. The molecule has 6 heteroatoms. The summed E-state index contributed by atoms with van der Waals surface area (Å²) >= 11 is 12.1. The summed E-state index contributed by atoms with van der Waals surface area (Å²) in [6, 6.07) is 6.32. The molecule has 2 aliphatic rings. The SMILES string of the molecule is CC1CC(NC(=O)C2(c3ccc(Cl)c(Cl)c3)CCC2)CCN1.Cl. The standard InChI is InChI=1S/C17H22Cl2N2O.ClH/c1-11-9-13(5-8-20-11)21-16(22)17(6-2-7-17)12-3-4-14(18)15(19)10-12;/h3-4,10-11,13,20H,2,5-9H2,1H3,(H,21,22);1H. The summed E-state index contributed by atoms with van der Waals surface area (Å²) in [5.41, 5.74) is 0.579. The van der Waals surface area contributed by atoms with Gasteiger partial charge in [0.25, 0.3) is 0 Å². The summed E-state index contributed by atoms with van der Waals surface area (Å²) in [5, 5.41) is 7.74. The van der Waals surface area contributed by atoms with Crippen LogP contribution in [0.15, 0.2) is 18.2 Å². The average Bonchev–Trinajstić information content (AvgIpc) is 2.41. The third-order valence-corrected chi connectivity index (χ3v) is 5.81. The molecular weight excluding hydrogens is 355 g/mol. The van der Waals surface area contributed by atoms with Crippen molar-refractivity contribution in [3.63, 3.8) is 0 Å². The Hall–Kier alpha value is -0.480. The highest BCUT2D eigenvalue weighted by atomic mass is 35.5. The van der Waals surface area contributed by atoms with Crippen molar-refractivity contribution in [3.8, 4) is 0 Å². The number of hydrogen-bond acceptors (Lipinski definition) is 2. The first-order chi connectivity index (χ1) is 10.5. The predicted molar refractivity (Wildman–Crippen MR) is 97.9 cm³/mol. The Morgan fingerprint density at radius 1 is 1.30 bits per heavy atom. The molecule has 0 aromatic heterocycles. The summed E-state index contributed by atoms with van der Waals surface area (Å²) in [6.45, 7) is 3.13. The number of carbonyl (C=O) groups excluding carboxylic acids is 1. The van der Waals surface area contributed by atoms with Crippen molar-refractivity contribution in [2.24, 2.45) is 0 Å². The number of carbonyl (C=O) groups is 1. The molecule has 1 saturated heterocycles. The largest absolute Gasteiger partial charge is 0.352 e. The molecule has 1 heterocycles. The van der Waals surface area contributed by atoms with Gasteiger partial charge in [0.05, 0.1) is 15.5 Å². The van der Waals surface area contributed by atoms with Gasteiger partial charge in [0, 0.05) is 12.1 Å². The summed E-state index contributed by atoms with van der Waals surface area (Å²) in [4.78, 5) is 12.9. The van der Waals surface area contributed by atoms with Crippen LogP contribution in [0.1, 0.15) is 44.6 Å². The maximum atomic E-state index is 12.9. The monoisotopic (exact) mass is 376 g/mol. The Bertz CT molecular complexity index is 575. The maximum absolute atomic E-state index is 12.9. The van der Waals surface area contributed by atoms with Crippen molar-refractivity contribution in [2.75, 3.05) is 6.54 Å². The lowest BCUT2D eigenvalue weighted by atomic mass is 9.63.